The minimum atomic E-state index is -0.310. The van der Waals surface area contributed by atoms with Crippen molar-refractivity contribution in [2.45, 2.75) is 26.7 Å². The van der Waals surface area contributed by atoms with Crippen LogP contribution in [0.1, 0.15) is 33.5 Å². The van der Waals surface area contributed by atoms with Crippen molar-refractivity contribution < 1.29 is 9.59 Å². The van der Waals surface area contributed by atoms with Gasteiger partial charge in [-0.2, -0.15) is 0 Å². The zero-order valence-corrected chi connectivity index (χ0v) is 17.2. The summed E-state index contributed by atoms with van der Waals surface area (Å²) in [7, 11) is 0. The molecule has 152 valence electrons. The molecule has 0 aliphatic carbocycles. The Morgan fingerprint density at radius 3 is 2.27 bits per heavy atom. The Morgan fingerprint density at radius 2 is 1.53 bits per heavy atom. The van der Waals surface area contributed by atoms with E-state index in [1.807, 2.05) is 80.6 Å². The van der Waals surface area contributed by atoms with Gasteiger partial charge in [0.05, 0.1) is 0 Å². The number of carbonyl (C=O) groups excluding carboxylic acids is 2. The molecule has 0 saturated carbocycles. The van der Waals surface area contributed by atoms with Crippen molar-refractivity contribution in [2.24, 2.45) is 0 Å². The van der Waals surface area contributed by atoms with Crippen molar-refractivity contribution in [1.82, 2.24) is 0 Å². The number of nitrogens with one attached hydrogen (secondary N) is 2. The molecule has 0 unspecified atom stereocenters. The van der Waals surface area contributed by atoms with Crippen molar-refractivity contribution in [1.29, 1.82) is 0 Å². The van der Waals surface area contributed by atoms with Crippen LogP contribution in [-0.2, 0) is 6.42 Å². The first-order valence-corrected chi connectivity index (χ1v) is 10.2. The van der Waals surface area contributed by atoms with E-state index < -0.39 is 0 Å². The lowest BCUT2D eigenvalue weighted by Crippen LogP contribution is -2.35. The largest absolute Gasteiger partial charge is 0.323 e. The number of urea groups is 1. The molecule has 0 spiro atoms. The summed E-state index contributed by atoms with van der Waals surface area (Å²) in [6.45, 7) is 4.72. The number of carbonyl (C=O) groups is 2. The SMILES string of the molecule is Cc1ccc(NC(=O)Nc2ccc3c(c2)N(C(=O)c2ccccc2)CCC3)cc1C. The Bertz CT molecular complexity index is 1090. The number of anilines is 3. The van der Waals surface area contributed by atoms with E-state index in [2.05, 4.69) is 10.6 Å². The van der Waals surface area contributed by atoms with Gasteiger partial charge < -0.3 is 15.5 Å². The highest BCUT2D eigenvalue weighted by molar-refractivity contribution is 6.07. The van der Waals surface area contributed by atoms with Gasteiger partial charge in [0.1, 0.15) is 0 Å². The van der Waals surface area contributed by atoms with E-state index in [0.29, 0.717) is 17.8 Å². The van der Waals surface area contributed by atoms with Crippen LogP contribution >= 0.6 is 0 Å². The molecular weight excluding hydrogens is 374 g/mol. The zero-order valence-electron chi connectivity index (χ0n) is 17.2. The Kier molecular flexibility index (Phi) is 5.53. The molecule has 4 rings (SSSR count). The minimum Gasteiger partial charge on any atom is -0.308 e. The summed E-state index contributed by atoms with van der Waals surface area (Å²) in [4.78, 5) is 27.3. The molecule has 3 aromatic carbocycles. The Labute approximate surface area is 176 Å². The number of rotatable bonds is 3. The second kappa shape index (κ2) is 8.41. The molecule has 30 heavy (non-hydrogen) atoms. The molecule has 1 aliphatic heterocycles. The number of benzene rings is 3. The summed E-state index contributed by atoms with van der Waals surface area (Å²) in [5.41, 5.74) is 6.34. The first-order chi connectivity index (χ1) is 14.5. The second-order valence-corrected chi connectivity index (χ2v) is 7.65. The monoisotopic (exact) mass is 399 g/mol. The smallest absolute Gasteiger partial charge is 0.308 e. The van der Waals surface area contributed by atoms with Crippen LogP contribution in [-0.4, -0.2) is 18.5 Å². The molecule has 0 saturated heterocycles. The molecule has 1 aliphatic rings. The highest BCUT2D eigenvalue weighted by atomic mass is 16.2. The minimum absolute atomic E-state index is 0.0201. The van der Waals surface area contributed by atoms with E-state index >= 15 is 0 Å². The van der Waals surface area contributed by atoms with Gasteiger partial charge in [-0.15, -0.1) is 0 Å². The van der Waals surface area contributed by atoms with Crippen molar-refractivity contribution in [3.8, 4) is 0 Å². The average Bonchev–Trinajstić information content (AvgIpc) is 2.76. The Hall–Kier alpha value is -3.60. The lowest BCUT2D eigenvalue weighted by molar-refractivity contribution is 0.0985. The molecule has 2 N–H and O–H groups in total. The maximum Gasteiger partial charge on any atom is 0.323 e. The number of fused-ring (bicyclic) bond motifs is 1. The van der Waals surface area contributed by atoms with Crippen LogP contribution in [0.15, 0.2) is 66.7 Å². The summed E-state index contributed by atoms with van der Waals surface area (Å²) in [6, 6.07) is 20.6. The van der Waals surface area contributed by atoms with E-state index in [4.69, 9.17) is 0 Å². The van der Waals surface area contributed by atoms with Gasteiger partial charge in [-0.3, -0.25) is 4.79 Å². The normalized spacial score (nSPS) is 12.8. The number of nitrogens with zero attached hydrogens (tertiary/aromatic N) is 1. The molecule has 3 aromatic rings. The van der Waals surface area contributed by atoms with Gasteiger partial charge in [0.15, 0.2) is 0 Å². The van der Waals surface area contributed by atoms with E-state index in [0.717, 1.165) is 35.3 Å². The molecule has 5 nitrogen and oxygen atoms in total. The Morgan fingerprint density at radius 1 is 0.833 bits per heavy atom. The summed E-state index contributed by atoms with van der Waals surface area (Å²) in [5, 5.41) is 5.75. The Balaban J connectivity index is 1.53. The molecule has 0 aromatic heterocycles. The van der Waals surface area contributed by atoms with Crippen LogP contribution in [0.25, 0.3) is 0 Å². The summed E-state index contributed by atoms with van der Waals surface area (Å²) in [5.74, 6) is -0.0201. The molecule has 3 amide bonds. The first kappa shape index (κ1) is 19.7. The standard InChI is InChI=1S/C25H25N3O2/c1-17-10-12-21(15-18(17)2)26-25(30)27-22-13-11-19-9-6-14-28(23(19)16-22)24(29)20-7-4-3-5-8-20/h3-5,7-8,10-13,15-16H,6,9,14H2,1-2H3,(H2,26,27,30). The van der Waals surface area contributed by atoms with Crippen LogP contribution in [0.2, 0.25) is 0 Å². The third-order valence-corrected chi connectivity index (χ3v) is 5.49. The van der Waals surface area contributed by atoms with E-state index in [-0.39, 0.29) is 11.9 Å². The predicted molar refractivity (Wildman–Crippen MR) is 121 cm³/mol. The molecule has 0 atom stereocenters. The van der Waals surface area contributed by atoms with Gasteiger partial charge in [-0.1, -0.05) is 30.3 Å². The van der Waals surface area contributed by atoms with Crippen LogP contribution in [0.5, 0.6) is 0 Å². The number of aryl methyl sites for hydroxylation is 3. The quantitative estimate of drug-likeness (QED) is 0.607. The summed E-state index contributed by atoms with van der Waals surface area (Å²) < 4.78 is 0. The van der Waals surface area contributed by atoms with Crippen LogP contribution in [0.4, 0.5) is 21.9 Å². The van der Waals surface area contributed by atoms with Crippen LogP contribution < -0.4 is 15.5 Å². The molecule has 5 heteroatoms. The highest BCUT2D eigenvalue weighted by Gasteiger charge is 2.24. The third kappa shape index (κ3) is 4.20. The fourth-order valence-electron chi connectivity index (χ4n) is 3.71. The van der Waals surface area contributed by atoms with Gasteiger partial charge in [0.25, 0.3) is 5.91 Å². The van der Waals surface area contributed by atoms with Gasteiger partial charge in [-0.25, -0.2) is 4.79 Å². The summed E-state index contributed by atoms with van der Waals surface area (Å²) >= 11 is 0. The van der Waals surface area contributed by atoms with Crippen LogP contribution in [0, 0.1) is 13.8 Å². The second-order valence-electron chi connectivity index (χ2n) is 7.65. The first-order valence-electron chi connectivity index (χ1n) is 10.2. The predicted octanol–water partition coefficient (Wildman–Crippen LogP) is 5.54. The van der Waals surface area contributed by atoms with Crippen molar-refractivity contribution >= 4 is 29.0 Å². The molecular formula is C25H25N3O2. The number of hydrogen-bond acceptors (Lipinski definition) is 2. The lowest BCUT2D eigenvalue weighted by atomic mass is 10.00. The highest BCUT2D eigenvalue weighted by Crippen LogP contribution is 2.31. The van der Waals surface area contributed by atoms with Gasteiger partial charge >= 0.3 is 6.03 Å². The van der Waals surface area contributed by atoms with Gasteiger partial charge in [-0.05, 0) is 79.8 Å². The number of hydrogen-bond donors (Lipinski definition) is 2. The van der Waals surface area contributed by atoms with E-state index in [1.165, 1.54) is 5.56 Å². The molecule has 0 fully saturated rings. The third-order valence-electron chi connectivity index (χ3n) is 5.49. The molecule has 1 heterocycles. The van der Waals surface area contributed by atoms with E-state index in [1.54, 1.807) is 4.90 Å². The number of amides is 3. The van der Waals surface area contributed by atoms with Gasteiger partial charge in [0.2, 0.25) is 0 Å². The topological polar surface area (TPSA) is 61.4 Å². The molecule has 0 bridgehead atoms. The van der Waals surface area contributed by atoms with Gasteiger partial charge in [0, 0.05) is 29.2 Å². The van der Waals surface area contributed by atoms with Crippen molar-refractivity contribution in [2.75, 3.05) is 22.1 Å². The van der Waals surface area contributed by atoms with E-state index in [9.17, 15) is 9.59 Å². The maximum absolute atomic E-state index is 13.0. The maximum atomic E-state index is 13.0. The van der Waals surface area contributed by atoms with Crippen molar-refractivity contribution in [3.63, 3.8) is 0 Å². The van der Waals surface area contributed by atoms with Crippen LogP contribution in [0.3, 0.4) is 0 Å². The fraction of sp³-hybridized carbons (Fsp3) is 0.200. The van der Waals surface area contributed by atoms with Crippen molar-refractivity contribution in [3.05, 3.63) is 89.0 Å². The average molecular weight is 399 g/mol. The zero-order chi connectivity index (χ0) is 21.1. The fourth-order valence-corrected chi connectivity index (χ4v) is 3.71. The molecule has 0 radical (unpaired) electrons. The summed E-state index contributed by atoms with van der Waals surface area (Å²) in [6.07, 6.45) is 1.84. The lowest BCUT2D eigenvalue weighted by Gasteiger charge is -2.30.